The van der Waals surface area contributed by atoms with Crippen LogP contribution in [0.4, 0.5) is 5.69 Å². The molecule has 1 rings (SSSR count). The van der Waals surface area contributed by atoms with Crippen molar-refractivity contribution in [2.75, 3.05) is 18.9 Å². The van der Waals surface area contributed by atoms with E-state index in [9.17, 15) is 4.79 Å². The molecule has 4 heteroatoms. The molecule has 0 fully saturated rings. The number of ether oxygens (including phenoxy) is 1. The first-order chi connectivity index (χ1) is 9.52. The maximum Gasteiger partial charge on any atom is 0.220 e. The molecule has 1 unspecified atom stereocenters. The molecule has 0 aliphatic rings. The van der Waals surface area contributed by atoms with Crippen LogP contribution in [0.15, 0.2) is 24.3 Å². The number of nitrogens with two attached hydrogens (primary N) is 1. The number of nitrogens with one attached hydrogen (secondary N) is 1. The minimum Gasteiger partial charge on any atom is -0.399 e. The van der Waals surface area contributed by atoms with Crippen LogP contribution in [0, 0.1) is 5.92 Å². The van der Waals surface area contributed by atoms with Gasteiger partial charge >= 0.3 is 0 Å². The zero-order valence-electron chi connectivity index (χ0n) is 12.7. The highest BCUT2D eigenvalue weighted by atomic mass is 16.5. The van der Waals surface area contributed by atoms with Gasteiger partial charge in [0, 0.05) is 18.7 Å². The van der Waals surface area contributed by atoms with Crippen molar-refractivity contribution in [3.8, 4) is 0 Å². The van der Waals surface area contributed by atoms with E-state index in [0.29, 0.717) is 25.6 Å². The summed E-state index contributed by atoms with van der Waals surface area (Å²) in [4.78, 5) is 12.0. The summed E-state index contributed by atoms with van der Waals surface area (Å²) in [7, 11) is 0. The van der Waals surface area contributed by atoms with E-state index in [4.69, 9.17) is 10.5 Å². The highest BCUT2D eigenvalue weighted by Gasteiger charge is 2.16. The molecule has 112 valence electrons. The number of benzene rings is 1. The fraction of sp³-hybridized carbons (Fsp3) is 0.562. The Balaban J connectivity index is 2.39. The average Bonchev–Trinajstić information content (AvgIpc) is 2.42. The van der Waals surface area contributed by atoms with E-state index in [2.05, 4.69) is 19.2 Å². The molecule has 0 aliphatic carbocycles. The van der Waals surface area contributed by atoms with E-state index in [1.54, 1.807) is 0 Å². The summed E-state index contributed by atoms with van der Waals surface area (Å²) >= 11 is 0. The van der Waals surface area contributed by atoms with Gasteiger partial charge in [0.2, 0.25) is 5.91 Å². The van der Waals surface area contributed by atoms with Gasteiger partial charge in [-0.1, -0.05) is 26.0 Å². The standard InChI is InChI=1S/C16H26N2O2/c1-4-20-11-15(12(2)3)18-16(19)10-7-13-5-8-14(17)9-6-13/h5-6,8-9,12,15H,4,7,10-11,17H2,1-3H3,(H,18,19). The van der Waals surface area contributed by atoms with E-state index in [1.165, 1.54) is 0 Å². The fourth-order valence-electron chi connectivity index (χ4n) is 1.87. The van der Waals surface area contributed by atoms with E-state index < -0.39 is 0 Å². The molecule has 0 aliphatic heterocycles. The smallest absolute Gasteiger partial charge is 0.220 e. The Morgan fingerprint density at radius 2 is 1.95 bits per heavy atom. The van der Waals surface area contributed by atoms with Crippen LogP contribution in [0.25, 0.3) is 0 Å². The molecule has 20 heavy (non-hydrogen) atoms. The Morgan fingerprint density at radius 1 is 1.30 bits per heavy atom. The van der Waals surface area contributed by atoms with E-state index in [0.717, 1.165) is 17.7 Å². The van der Waals surface area contributed by atoms with Gasteiger partial charge in [-0.15, -0.1) is 0 Å². The van der Waals surface area contributed by atoms with Crippen LogP contribution in [0.3, 0.4) is 0 Å². The maximum absolute atomic E-state index is 12.0. The third-order valence-electron chi connectivity index (χ3n) is 3.27. The van der Waals surface area contributed by atoms with Crippen LogP contribution in [-0.4, -0.2) is 25.2 Å². The van der Waals surface area contributed by atoms with Crippen molar-refractivity contribution in [1.29, 1.82) is 0 Å². The first-order valence-electron chi connectivity index (χ1n) is 7.24. The number of hydrogen-bond acceptors (Lipinski definition) is 3. The summed E-state index contributed by atoms with van der Waals surface area (Å²) in [5.41, 5.74) is 7.51. The molecule has 1 atom stereocenters. The van der Waals surface area contributed by atoms with Crippen LogP contribution >= 0.6 is 0 Å². The van der Waals surface area contributed by atoms with Gasteiger partial charge in [-0.3, -0.25) is 4.79 Å². The van der Waals surface area contributed by atoms with Crippen molar-refractivity contribution in [3.63, 3.8) is 0 Å². The van der Waals surface area contributed by atoms with Gasteiger partial charge < -0.3 is 15.8 Å². The normalized spacial score (nSPS) is 12.4. The van der Waals surface area contributed by atoms with Crippen molar-refractivity contribution >= 4 is 11.6 Å². The molecule has 1 aromatic rings. The number of hydrogen-bond donors (Lipinski definition) is 2. The van der Waals surface area contributed by atoms with Crippen LogP contribution in [0.5, 0.6) is 0 Å². The van der Waals surface area contributed by atoms with Gasteiger partial charge in [0.15, 0.2) is 0 Å². The average molecular weight is 278 g/mol. The molecule has 0 aromatic heterocycles. The van der Waals surface area contributed by atoms with Gasteiger partial charge in [0.1, 0.15) is 0 Å². The molecule has 1 amide bonds. The number of nitrogen functional groups attached to an aromatic ring is 1. The summed E-state index contributed by atoms with van der Waals surface area (Å²) in [5, 5.41) is 3.04. The fourth-order valence-corrected chi connectivity index (χ4v) is 1.87. The number of carbonyl (C=O) groups excluding carboxylic acids is 1. The lowest BCUT2D eigenvalue weighted by Crippen LogP contribution is -2.42. The Labute approximate surface area is 121 Å². The third kappa shape index (κ3) is 6.06. The lowest BCUT2D eigenvalue weighted by Gasteiger charge is -2.22. The van der Waals surface area contributed by atoms with Crippen LogP contribution in [0.1, 0.15) is 32.8 Å². The van der Waals surface area contributed by atoms with Gasteiger partial charge in [-0.05, 0) is 37.0 Å². The molecule has 0 saturated carbocycles. The molecule has 0 saturated heterocycles. The van der Waals surface area contributed by atoms with Crippen molar-refractivity contribution < 1.29 is 9.53 Å². The Hall–Kier alpha value is -1.55. The maximum atomic E-state index is 12.0. The Kier molecular flexibility index (Phi) is 7.09. The molecular weight excluding hydrogens is 252 g/mol. The lowest BCUT2D eigenvalue weighted by molar-refractivity contribution is -0.122. The van der Waals surface area contributed by atoms with Gasteiger partial charge in [0.05, 0.1) is 12.6 Å². The SMILES string of the molecule is CCOCC(NC(=O)CCc1ccc(N)cc1)C(C)C. The summed E-state index contributed by atoms with van der Waals surface area (Å²) in [6.45, 7) is 7.38. The Morgan fingerprint density at radius 3 is 2.50 bits per heavy atom. The van der Waals surface area contributed by atoms with Crippen molar-refractivity contribution in [1.82, 2.24) is 5.32 Å². The monoisotopic (exact) mass is 278 g/mol. The quantitative estimate of drug-likeness (QED) is 0.718. The summed E-state index contributed by atoms with van der Waals surface area (Å²) in [6, 6.07) is 7.72. The summed E-state index contributed by atoms with van der Waals surface area (Å²) in [6.07, 6.45) is 1.21. The second kappa shape index (κ2) is 8.59. The van der Waals surface area contributed by atoms with Crippen LogP contribution in [0.2, 0.25) is 0 Å². The zero-order valence-corrected chi connectivity index (χ0v) is 12.7. The van der Waals surface area contributed by atoms with Crippen molar-refractivity contribution in [2.45, 2.75) is 39.7 Å². The minimum absolute atomic E-state index is 0.0697. The van der Waals surface area contributed by atoms with E-state index in [-0.39, 0.29) is 11.9 Å². The molecule has 0 heterocycles. The highest BCUT2D eigenvalue weighted by molar-refractivity contribution is 5.76. The second-order valence-corrected chi connectivity index (χ2v) is 5.32. The van der Waals surface area contributed by atoms with Gasteiger partial charge in [-0.25, -0.2) is 0 Å². The predicted octanol–water partition coefficient (Wildman–Crippen LogP) is 2.38. The zero-order chi connectivity index (χ0) is 15.0. The molecule has 0 bridgehead atoms. The number of aryl methyl sites for hydroxylation is 1. The van der Waals surface area contributed by atoms with Crippen LogP contribution in [-0.2, 0) is 16.0 Å². The van der Waals surface area contributed by atoms with E-state index in [1.807, 2.05) is 31.2 Å². The predicted molar refractivity (Wildman–Crippen MR) is 82.4 cm³/mol. The lowest BCUT2D eigenvalue weighted by atomic mass is 10.0. The van der Waals surface area contributed by atoms with E-state index >= 15 is 0 Å². The highest BCUT2D eigenvalue weighted by Crippen LogP contribution is 2.08. The first kappa shape index (κ1) is 16.5. The topological polar surface area (TPSA) is 64.3 Å². The molecule has 0 radical (unpaired) electrons. The summed E-state index contributed by atoms with van der Waals surface area (Å²) in [5.74, 6) is 0.433. The van der Waals surface area contributed by atoms with Crippen LogP contribution < -0.4 is 11.1 Å². The number of anilines is 1. The molecule has 4 nitrogen and oxygen atoms in total. The van der Waals surface area contributed by atoms with Crippen molar-refractivity contribution in [3.05, 3.63) is 29.8 Å². The molecule has 0 spiro atoms. The Bertz CT molecular complexity index is 401. The largest absolute Gasteiger partial charge is 0.399 e. The minimum atomic E-state index is 0.0697. The number of rotatable bonds is 8. The van der Waals surface area contributed by atoms with Gasteiger partial charge in [-0.2, -0.15) is 0 Å². The first-order valence-corrected chi connectivity index (χ1v) is 7.24. The van der Waals surface area contributed by atoms with Gasteiger partial charge in [0.25, 0.3) is 0 Å². The molecule has 1 aromatic carbocycles. The summed E-state index contributed by atoms with van der Waals surface area (Å²) < 4.78 is 5.41. The molecule has 3 N–H and O–H groups in total. The third-order valence-corrected chi connectivity index (χ3v) is 3.27. The molecular formula is C16H26N2O2. The second-order valence-electron chi connectivity index (χ2n) is 5.32. The number of amides is 1. The van der Waals surface area contributed by atoms with Crippen molar-refractivity contribution in [2.24, 2.45) is 5.92 Å². The number of carbonyl (C=O) groups is 1.